The van der Waals surface area contributed by atoms with E-state index < -0.39 is 20.9 Å². The van der Waals surface area contributed by atoms with Gasteiger partial charge in [0.1, 0.15) is 5.82 Å². The highest BCUT2D eigenvalue weighted by Crippen LogP contribution is 2.36. The zero-order valence-corrected chi connectivity index (χ0v) is 13.0. The summed E-state index contributed by atoms with van der Waals surface area (Å²) < 4.78 is 39.0. The first-order valence-electron chi connectivity index (χ1n) is 7.03. The lowest BCUT2D eigenvalue weighted by molar-refractivity contribution is 0.249. The Labute approximate surface area is 120 Å². The van der Waals surface area contributed by atoms with Crippen molar-refractivity contribution in [1.82, 2.24) is 5.32 Å². The first-order chi connectivity index (χ1) is 9.36. The molecule has 1 aliphatic carbocycles. The fraction of sp³-hybridized carbons (Fsp3) is 0.600. The third-order valence-electron chi connectivity index (χ3n) is 4.24. The SMILES string of the molecule is CNC1CC(C)CC(C)C1S(=O)(=O)c1cccc(F)c1. The van der Waals surface area contributed by atoms with Crippen LogP contribution < -0.4 is 5.32 Å². The molecule has 4 unspecified atom stereocenters. The standard InChI is InChI=1S/C15H22FNO2S/c1-10-7-11(2)15(14(8-10)17-3)20(18,19)13-6-4-5-12(16)9-13/h4-6,9-11,14-15,17H,7-8H2,1-3H3. The van der Waals surface area contributed by atoms with Crippen LogP contribution in [0, 0.1) is 17.7 Å². The van der Waals surface area contributed by atoms with Crippen LogP contribution in [0.15, 0.2) is 29.2 Å². The van der Waals surface area contributed by atoms with Gasteiger partial charge in [-0.05, 0) is 49.9 Å². The van der Waals surface area contributed by atoms with Crippen molar-refractivity contribution in [3.05, 3.63) is 30.1 Å². The van der Waals surface area contributed by atoms with Crippen LogP contribution >= 0.6 is 0 Å². The molecule has 20 heavy (non-hydrogen) atoms. The molecule has 0 saturated heterocycles. The lowest BCUT2D eigenvalue weighted by atomic mass is 9.80. The van der Waals surface area contributed by atoms with Gasteiger partial charge in [0.05, 0.1) is 10.1 Å². The quantitative estimate of drug-likeness (QED) is 0.933. The maximum Gasteiger partial charge on any atom is 0.183 e. The summed E-state index contributed by atoms with van der Waals surface area (Å²) in [6.07, 6.45) is 1.72. The summed E-state index contributed by atoms with van der Waals surface area (Å²) in [5, 5.41) is 2.64. The van der Waals surface area contributed by atoms with Gasteiger partial charge in [-0.15, -0.1) is 0 Å². The Kier molecular flexibility index (Phi) is 4.49. The Balaban J connectivity index is 2.41. The first kappa shape index (κ1) is 15.4. The summed E-state index contributed by atoms with van der Waals surface area (Å²) in [7, 11) is -1.73. The number of sulfone groups is 1. The van der Waals surface area contributed by atoms with Gasteiger partial charge in [-0.2, -0.15) is 0 Å². The minimum Gasteiger partial charge on any atom is -0.316 e. The molecule has 3 nitrogen and oxygen atoms in total. The first-order valence-corrected chi connectivity index (χ1v) is 8.57. The van der Waals surface area contributed by atoms with Crippen LogP contribution in [0.5, 0.6) is 0 Å². The van der Waals surface area contributed by atoms with Gasteiger partial charge in [0.15, 0.2) is 9.84 Å². The van der Waals surface area contributed by atoms with E-state index in [-0.39, 0.29) is 16.9 Å². The molecule has 0 bridgehead atoms. The molecule has 1 aromatic carbocycles. The van der Waals surface area contributed by atoms with Gasteiger partial charge in [0.25, 0.3) is 0 Å². The summed E-state index contributed by atoms with van der Waals surface area (Å²) in [5.41, 5.74) is 0. The molecule has 2 rings (SSSR count). The molecule has 0 radical (unpaired) electrons. The maximum absolute atomic E-state index is 13.3. The van der Waals surface area contributed by atoms with Crippen LogP contribution in [0.25, 0.3) is 0 Å². The van der Waals surface area contributed by atoms with Crippen molar-refractivity contribution in [3.63, 3.8) is 0 Å². The van der Waals surface area contributed by atoms with E-state index in [0.717, 1.165) is 18.9 Å². The number of hydrogen-bond donors (Lipinski definition) is 1. The van der Waals surface area contributed by atoms with E-state index in [1.807, 2.05) is 6.92 Å². The van der Waals surface area contributed by atoms with E-state index in [1.165, 1.54) is 18.2 Å². The van der Waals surface area contributed by atoms with Gasteiger partial charge in [-0.25, -0.2) is 12.8 Å². The average Bonchev–Trinajstić information content (AvgIpc) is 2.37. The number of halogens is 1. The molecule has 0 spiro atoms. The fourth-order valence-electron chi connectivity index (χ4n) is 3.43. The zero-order valence-electron chi connectivity index (χ0n) is 12.1. The zero-order chi connectivity index (χ0) is 14.9. The van der Waals surface area contributed by atoms with Crippen LogP contribution in [0.1, 0.15) is 26.7 Å². The van der Waals surface area contributed by atoms with Gasteiger partial charge in [-0.1, -0.05) is 19.9 Å². The second-order valence-corrected chi connectivity index (χ2v) is 8.02. The van der Waals surface area contributed by atoms with E-state index in [0.29, 0.717) is 5.92 Å². The lowest BCUT2D eigenvalue weighted by Gasteiger charge is -2.39. The number of hydrogen-bond acceptors (Lipinski definition) is 3. The molecule has 1 fully saturated rings. The molecule has 0 amide bonds. The Morgan fingerprint density at radius 2 is 1.95 bits per heavy atom. The molecule has 1 N–H and O–H groups in total. The van der Waals surface area contributed by atoms with Crippen molar-refractivity contribution in [3.8, 4) is 0 Å². The summed E-state index contributed by atoms with van der Waals surface area (Å²) in [4.78, 5) is 0.0872. The van der Waals surface area contributed by atoms with Crippen LogP contribution in [-0.2, 0) is 9.84 Å². The van der Waals surface area contributed by atoms with Crippen molar-refractivity contribution in [1.29, 1.82) is 0 Å². The average molecular weight is 299 g/mol. The van der Waals surface area contributed by atoms with E-state index in [1.54, 1.807) is 7.05 Å². The second-order valence-electron chi connectivity index (χ2n) is 5.92. The van der Waals surface area contributed by atoms with Gasteiger partial charge >= 0.3 is 0 Å². The molecule has 0 heterocycles. The van der Waals surface area contributed by atoms with Crippen molar-refractivity contribution >= 4 is 9.84 Å². The predicted molar refractivity (Wildman–Crippen MR) is 77.8 cm³/mol. The normalized spacial score (nSPS) is 31.2. The highest BCUT2D eigenvalue weighted by atomic mass is 32.2. The van der Waals surface area contributed by atoms with Crippen molar-refractivity contribution in [2.24, 2.45) is 11.8 Å². The highest BCUT2D eigenvalue weighted by molar-refractivity contribution is 7.92. The molecule has 1 aromatic rings. The molecule has 1 aliphatic rings. The number of nitrogens with one attached hydrogen (secondary N) is 1. The van der Waals surface area contributed by atoms with Gasteiger partial charge in [0, 0.05) is 6.04 Å². The number of rotatable bonds is 3. The smallest absolute Gasteiger partial charge is 0.183 e. The molecule has 0 aliphatic heterocycles. The third kappa shape index (κ3) is 2.88. The molecular formula is C15H22FNO2S. The molecular weight excluding hydrogens is 277 g/mol. The predicted octanol–water partition coefficient (Wildman–Crippen LogP) is 2.62. The maximum atomic E-state index is 13.3. The van der Waals surface area contributed by atoms with E-state index in [2.05, 4.69) is 12.2 Å². The molecule has 0 aromatic heterocycles. The van der Waals surface area contributed by atoms with E-state index in [9.17, 15) is 12.8 Å². The van der Waals surface area contributed by atoms with E-state index in [4.69, 9.17) is 0 Å². The summed E-state index contributed by atoms with van der Waals surface area (Å²) in [5.74, 6) is 0.0507. The minimum absolute atomic E-state index is 0.0597. The molecule has 4 atom stereocenters. The monoisotopic (exact) mass is 299 g/mol. The highest BCUT2D eigenvalue weighted by Gasteiger charge is 2.42. The van der Waals surface area contributed by atoms with Crippen LogP contribution in [0.2, 0.25) is 0 Å². The second kappa shape index (κ2) is 5.82. The largest absolute Gasteiger partial charge is 0.316 e. The molecule has 1 saturated carbocycles. The van der Waals surface area contributed by atoms with Gasteiger partial charge in [-0.3, -0.25) is 0 Å². The van der Waals surface area contributed by atoms with Gasteiger partial charge in [0.2, 0.25) is 0 Å². The Morgan fingerprint density at radius 1 is 1.25 bits per heavy atom. The molecule has 5 heteroatoms. The fourth-order valence-corrected chi connectivity index (χ4v) is 5.70. The number of benzene rings is 1. The van der Waals surface area contributed by atoms with Crippen molar-refractivity contribution in [2.75, 3.05) is 7.05 Å². The topological polar surface area (TPSA) is 46.2 Å². The third-order valence-corrected chi connectivity index (χ3v) is 6.66. The Bertz CT molecular complexity index is 573. The van der Waals surface area contributed by atoms with Gasteiger partial charge < -0.3 is 5.32 Å². The van der Waals surface area contributed by atoms with E-state index >= 15 is 0 Å². The molecule has 112 valence electrons. The van der Waals surface area contributed by atoms with Crippen LogP contribution in [-0.4, -0.2) is 26.8 Å². The Morgan fingerprint density at radius 3 is 2.55 bits per heavy atom. The van der Waals surface area contributed by atoms with Crippen LogP contribution in [0.3, 0.4) is 0 Å². The summed E-state index contributed by atoms with van der Waals surface area (Å²) in [6.45, 7) is 4.12. The lowest BCUT2D eigenvalue weighted by Crippen LogP contribution is -2.50. The van der Waals surface area contributed by atoms with Crippen molar-refractivity contribution in [2.45, 2.75) is 42.9 Å². The Hall–Kier alpha value is -0.940. The summed E-state index contributed by atoms with van der Waals surface area (Å²) >= 11 is 0. The minimum atomic E-state index is -3.52. The van der Waals surface area contributed by atoms with Crippen molar-refractivity contribution < 1.29 is 12.8 Å². The van der Waals surface area contributed by atoms with Crippen LogP contribution in [0.4, 0.5) is 4.39 Å². The summed E-state index contributed by atoms with van der Waals surface area (Å²) in [6, 6.07) is 5.23.